The number of halogens is 1. The van der Waals surface area contributed by atoms with Gasteiger partial charge >= 0.3 is 0 Å². The number of hydrogen-bond donors (Lipinski definition) is 1. The van der Waals surface area contributed by atoms with E-state index in [1.54, 1.807) is 0 Å². The molecule has 0 aliphatic heterocycles. The van der Waals surface area contributed by atoms with Crippen LogP contribution in [0.5, 0.6) is 5.75 Å². The van der Waals surface area contributed by atoms with Crippen molar-refractivity contribution in [2.45, 2.75) is 24.8 Å². The zero-order valence-electron chi connectivity index (χ0n) is 12.0. The highest BCUT2D eigenvalue weighted by Gasteiger charge is 2.29. The molecule has 0 bridgehead atoms. The SMILES string of the molecule is Clc1cccc(C2CC(NCCOc3ccccc3)C2)c1. The molecule has 0 atom stereocenters. The molecule has 21 heavy (non-hydrogen) atoms. The Morgan fingerprint density at radius 3 is 2.62 bits per heavy atom. The van der Waals surface area contributed by atoms with Gasteiger partial charge in [0.2, 0.25) is 0 Å². The molecule has 0 spiro atoms. The van der Waals surface area contributed by atoms with Crippen molar-refractivity contribution < 1.29 is 4.74 Å². The van der Waals surface area contributed by atoms with Crippen LogP contribution in [0, 0.1) is 0 Å². The van der Waals surface area contributed by atoms with Crippen LogP contribution < -0.4 is 10.1 Å². The lowest BCUT2D eigenvalue weighted by atomic mass is 9.76. The molecule has 0 amide bonds. The van der Waals surface area contributed by atoms with E-state index in [1.165, 1.54) is 18.4 Å². The van der Waals surface area contributed by atoms with Crippen LogP contribution in [0.1, 0.15) is 24.3 Å². The molecule has 0 unspecified atom stereocenters. The second-order valence-electron chi connectivity index (χ2n) is 5.54. The molecule has 1 saturated carbocycles. The predicted molar refractivity (Wildman–Crippen MR) is 87.2 cm³/mol. The molecule has 2 aromatic carbocycles. The van der Waals surface area contributed by atoms with Crippen LogP contribution in [0.2, 0.25) is 5.02 Å². The second kappa shape index (κ2) is 6.97. The van der Waals surface area contributed by atoms with E-state index in [-0.39, 0.29) is 0 Å². The van der Waals surface area contributed by atoms with E-state index in [2.05, 4.69) is 17.4 Å². The third kappa shape index (κ3) is 3.99. The van der Waals surface area contributed by atoms with Crippen molar-refractivity contribution in [3.8, 4) is 5.75 Å². The number of benzene rings is 2. The predicted octanol–water partition coefficient (Wildman–Crippen LogP) is 4.25. The van der Waals surface area contributed by atoms with Crippen LogP contribution >= 0.6 is 11.6 Å². The van der Waals surface area contributed by atoms with Gasteiger partial charge in [-0.2, -0.15) is 0 Å². The zero-order valence-corrected chi connectivity index (χ0v) is 12.7. The molecule has 0 saturated heterocycles. The Hall–Kier alpha value is -1.51. The third-order valence-corrected chi connectivity index (χ3v) is 4.24. The topological polar surface area (TPSA) is 21.3 Å². The van der Waals surface area contributed by atoms with Crippen LogP contribution in [-0.2, 0) is 0 Å². The molecule has 1 fully saturated rings. The van der Waals surface area contributed by atoms with Gasteiger partial charge in [-0.15, -0.1) is 0 Å². The van der Waals surface area contributed by atoms with Crippen molar-refractivity contribution in [1.29, 1.82) is 0 Å². The highest BCUT2D eigenvalue weighted by atomic mass is 35.5. The maximum atomic E-state index is 6.03. The fourth-order valence-electron chi connectivity index (χ4n) is 2.77. The lowest BCUT2D eigenvalue weighted by molar-refractivity contribution is 0.255. The number of hydrogen-bond acceptors (Lipinski definition) is 2. The van der Waals surface area contributed by atoms with Crippen molar-refractivity contribution >= 4 is 11.6 Å². The Labute approximate surface area is 131 Å². The van der Waals surface area contributed by atoms with Gasteiger partial charge in [-0.05, 0) is 48.6 Å². The molecular weight excluding hydrogens is 282 g/mol. The Morgan fingerprint density at radius 1 is 1.05 bits per heavy atom. The molecule has 3 heteroatoms. The van der Waals surface area contributed by atoms with Crippen LogP contribution in [-0.4, -0.2) is 19.2 Å². The number of para-hydroxylation sites is 1. The molecular formula is C18H20ClNO. The maximum Gasteiger partial charge on any atom is 0.119 e. The summed E-state index contributed by atoms with van der Waals surface area (Å²) in [5, 5.41) is 4.38. The summed E-state index contributed by atoms with van der Waals surface area (Å²) in [6.45, 7) is 1.60. The Kier molecular flexibility index (Phi) is 4.79. The summed E-state index contributed by atoms with van der Waals surface area (Å²) in [6.07, 6.45) is 2.37. The van der Waals surface area contributed by atoms with Gasteiger partial charge in [0.05, 0.1) is 0 Å². The lowest BCUT2D eigenvalue weighted by Crippen LogP contribution is -2.41. The lowest BCUT2D eigenvalue weighted by Gasteiger charge is -2.36. The summed E-state index contributed by atoms with van der Waals surface area (Å²) in [4.78, 5) is 0. The first-order valence-electron chi connectivity index (χ1n) is 7.48. The summed E-state index contributed by atoms with van der Waals surface area (Å²) >= 11 is 6.03. The van der Waals surface area contributed by atoms with Crippen LogP contribution in [0.15, 0.2) is 54.6 Å². The van der Waals surface area contributed by atoms with Crippen molar-refractivity contribution in [1.82, 2.24) is 5.32 Å². The maximum absolute atomic E-state index is 6.03. The standard InChI is InChI=1S/C18H20ClNO/c19-16-6-4-5-14(11-16)15-12-17(13-15)20-9-10-21-18-7-2-1-3-8-18/h1-8,11,15,17,20H,9-10,12-13H2. The van der Waals surface area contributed by atoms with Crippen LogP contribution in [0.4, 0.5) is 0 Å². The second-order valence-corrected chi connectivity index (χ2v) is 5.97. The summed E-state index contributed by atoms with van der Waals surface area (Å²) < 4.78 is 5.67. The molecule has 0 heterocycles. The van der Waals surface area contributed by atoms with Gasteiger partial charge in [0.15, 0.2) is 0 Å². The van der Waals surface area contributed by atoms with Gasteiger partial charge in [-0.1, -0.05) is 41.9 Å². The monoisotopic (exact) mass is 301 g/mol. The van der Waals surface area contributed by atoms with E-state index in [0.29, 0.717) is 18.6 Å². The minimum absolute atomic E-state index is 0.605. The number of rotatable bonds is 6. The molecule has 3 rings (SSSR count). The highest BCUT2D eigenvalue weighted by Crippen LogP contribution is 2.37. The Balaban J connectivity index is 1.34. The first kappa shape index (κ1) is 14.4. The van der Waals surface area contributed by atoms with Gasteiger partial charge in [0.25, 0.3) is 0 Å². The molecule has 0 radical (unpaired) electrons. The van der Waals surface area contributed by atoms with E-state index in [1.807, 2.05) is 42.5 Å². The normalized spacial score (nSPS) is 20.8. The average molecular weight is 302 g/mol. The molecule has 1 aliphatic rings. The fourth-order valence-corrected chi connectivity index (χ4v) is 2.96. The van der Waals surface area contributed by atoms with Gasteiger partial charge in [0, 0.05) is 17.6 Å². The third-order valence-electron chi connectivity index (χ3n) is 4.01. The Bertz CT molecular complexity index is 566. The molecule has 0 aromatic heterocycles. The van der Waals surface area contributed by atoms with Crippen molar-refractivity contribution in [2.24, 2.45) is 0 Å². The summed E-state index contributed by atoms with van der Waals surface area (Å²) in [5.41, 5.74) is 1.36. The number of ether oxygens (including phenoxy) is 1. The van der Waals surface area contributed by atoms with Gasteiger partial charge in [0.1, 0.15) is 12.4 Å². The largest absolute Gasteiger partial charge is 0.492 e. The van der Waals surface area contributed by atoms with Crippen molar-refractivity contribution in [3.63, 3.8) is 0 Å². The van der Waals surface area contributed by atoms with Crippen molar-refractivity contribution in [3.05, 3.63) is 65.2 Å². The first-order valence-corrected chi connectivity index (χ1v) is 7.86. The molecule has 2 nitrogen and oxygen atoms in total. The fraction of sp³-hybridized carbons (Fsp3) is 0.333. The minimum atomic E-state index is 0.605. The quantitative estimate of drug-likeness (QED) is 0.805. The van der Waals surface area contributed by atoms with E-state index in [4.69, 9.17) is 16.3 Å². The number of nitrogens with one attached hydrogen (secondary N) is 1. The van der Waals surface area contributed by atoms with E-state index in [0.717, 1.165) is 17.3 Å². The van der Waals surface area contributed by atoms with Gasteiger partial charge < -0.3 is 10.1 Å². The smallest absolute Gasteiger partial charge is 0.119 e. The summed E-state index contributed by atoms with van der Waals surface area (Å²) in [5.74, 6) is 1.58. The first-order chi connectivity index (χ1) is 10.3. The molecule has 2 aromatic rings. The zero-order chi connectivity index (χ0) is 14.5. The van der Waals surface area contributed by atoms with Gasteiger partial charge in [-0.25, -0.2) is 0 Å². The highest BCUT2D eigenvalue weighted by molar-refractivity contribution is 6.30. The van der Waals surface area contributed by atoms with E-state index < -0.39 is 0 Å². The average Bonchev–Trinajstić information content (AvgIpc) is 2.46. The molecule has 1 aliphatic carbocycles. The van der Waals surface area contributed by atoms with Crippen LogP contribution in [0.3, 0.4) is 0 Å². The van der Waals surface area contributed by atoms with Crippen molar-refractivity contribution in [2.75, 3.05) is 13.2 Å². The van der Waals surface area contributed by atoms with E-state index >= 15 is 0 Å². The van der Waals surface area contributed by atoms with Gasteiger partial charge in [-0.3, -0.25) is 0 Å². The summed E-state index contributed by atoms with van der Waals surface area (Å²) in [6, 6.07) is 18.8. The van der Waals surface area contributed by atoms with Crippen LogP contribution in [0.25, 0.3) is 0 Å². The molecule has 1 N–H and O–H groups in total. The Morgan fingerprint density at radius 2 is 1.86 bits per heavy atom. The summed E-state index contributed by atoms with van der Waals surface area (Å²) in [7, 11) is 0. The molecule has 110 valence electrons. The van der Waals surface area contributed by atoms with E-state index in [9.17, 15) is 0 Å². The minimum Gasteiger partial charge on any atom is -0.492 e.